The Balaban J connectivity index is 1.80. The van der Waals surface area contributed by atoms with Gasteiger partial charge in [-0.05, 0) is 30.9 Å². The molecule has 0 spiro atoms. The Morgan fingerprint density at radius 1 is 1.30 bits per heavy atom. The molecular weight excluding hydrogens is 309 g/mol. The van der Waals surface area contributed by atoms with E-state index in [-0.39, 0.29) is 37.0 Å². The molecule has 0 bridgehead atoms. The predicted molar refractivity (Wildman–Crippen MR) is 77.5 cm³/mol. The number of halogens is 3. The Morgan fingerprint density at radius 2 is 2.00 bits per heavy atom. The van der Waals surface area contributed by atoms with Crippen LogP contribution >= 0.6 is 0 Å². The third kappa shape index (κ3) is 3.84. The van der Waals surface area contributed by atoms with Crippen molar-refractivity contribution in [1.82, 2.24) is 10.2 Å². The van der Waals surface area contributed by atoms with Crippen LogP contribution in [-0.2, 0) is 11.0 Å². The third-order valence-corrected chi connectivity index (χ3v) is 4.30. The zero-order valence-electron chi connectivity index (χ0n) is 12.5. The molecule has 4 nitrogen and oxygen atoms in total. The Kier molecular flexibility index (Phi) is 4.33. The average Bonchev–Trinajstić information content (AvgIpc) is 3.20. The van der Waals surface area contributed by atoms with E-state index in [2.05, 4.69) is 5.32 Å². The molecule has 2 fully saturated rings. The van der Waals surface area contributed by atoms with Gasteiger partial charge in [0.25, 0.3) is 0 Å². The predicted octanol–water partition coefficient (Wildman–Crippen LogP) is 2.09. The van der Waals surface area contributed by atoms with Crippen molar-refractivity contribution in [3.05, 3.63) is 35.4 Å². The van der Waals surface area contributed by atoms with E-state index in [0.717, 1.165) is 18.9 Å². The molecule has 1 amide bonds. The van der Waals surface area contributed by atoms with E-state index in [4.69, 9.17) is 0 Å². The van der Waals surface area contributed by atoms with E-state index in [0.29, 0.717) is 0 Å². The van der Waals surface area contributed by atoms with Crippen molar-refractivity contribution in [1.29, 1.82) is 0 Å². The monoisotopic (exact) mass is 328 g/mol. The minimum absolute atomic E-state index is 0.00438. The fourth-order valence-electron chi connectivity index (χ4n) is 3.11. The molecule has 126 valence electrons. The van der Waals surface area contributed by atoms with Crippen molar-refractivity contribution in [3.8, 4) is 0 Å². The number of hydrogen-bond donors (Lipinski definition) is 2. The molecule has 1 aliphatic carbocycles. The number of nitrogens with zero attached hydrogens (tertiary/aromatic N) is 1. The zero-order valence-corrected chi connectivity index (χ0v) is 12.5. The highest BCUT2D eigenvalue weighted by Crippen LogP contribution is 2.40. The SMILES string of the molecule is O=C(CN1CC(O)CC1c1ccccc1C(F)(F)F)NC1CC1. The van der Waals surface area contributed by atoms with Gasteiger partial charge in [0, 0.05) is 18.6 Å². The standard InChI is InChI=1S/C16H19F3N2O2/c17-16(18,19)13-4-2-1-3-12(13)14-7-11(22)8-21(14)9-15(23)20-10-5-6-10/h1-4,10-11,14,22H,5-9H2,(H,20,23). The molecule has 1 saturated heterocycles. The maximum absolute atomic E-state index is 13.2. The maximum Gasteiger partial charge on any atom is 0.416 e. The first-order valence-electron chi connectivity index (χ1n) is 7.72. The van der Waals surface area contributed by atoms with Crippen LogP contribution in [-0.4, -0.2) is 41.1 Å². The van der Waals surface area contributed by atoms with Crippen molar-refractivity contribution in [2.45, 2.75) is 43.6 Å². The van der Waals surface area contributed by atoms with Crippen molar-refractivity contribution < 1.29 is 23.1 Å². The summed E-state index contributed by atoms with van der Waals surface area (Å²) in [6.45, 7) is 0.208. The van der Waals surface area contributed by atoms with E-state index in [1.54, 1.807) is 11.0 Å². The maximum atomic E-state index is 13.2. The highest BCUT2D eigenvalue weighted by molar-refractivity contribution is 5.78. The van der Waals surface area contributed by atoms with Crippen LogP contribution in [0.1, 0.15) is 36.4 Å². The highest BCUT2D eigenvalue weighted by atomic mass is 19.4. The quantitative estimate of drug-likeness (QED) is 0.890. The Hall–Kier alpha value is -1.60. The molecule has 3 rings (SSSR count). The molecule has 0 aromatic heterocycles. The average molecular weight is 328 g/mol. The second kappa shape index (κ2) is 6.13. The summed E-state index contributed by atoms with van der Waals surface area (Å²) in [5.74, 6) is -0.198. The van der Waals surface area contributed by atoms with Crippen LogP contribution in [0.5, 0.6) is 0 Å². The van der Waals surface area contributed by atoms with Crippen LogP contribution < -0.4 is 5.32 Å². The summed E-state index contributed by atoms with van der Waals surface area (Å²) < 4.78 is 39.6. The number of benzene rings is 1. The largest absolute Gasteiger partial charge is 0.416 e. The van der Waals surface area contributed by atoms with E-state index >= 15 is 0 Å². The van der Waals surface area contributed by atoms with Gasteiger partial charge >= 0.3 is 6.18 Å². The smallest absolute Gasteiger partial charge is 0.392 e. The summed E-state index contributed by atoms with van der Waals surface area (Å²) in [6.07, 6.45) is -3.07. The number of alkyl halides is 3. The number of hydrogen-bond acceptors (Lipinski definition) is 3. The third-order valence-electron chi connectivity index (χ3n) is 4.30. The second-order valence-electron chi connectivity index (χ2n) is 6.26. The highest BCUT2D eigenvalue weighted by Gasteiger charge is 2.40. The molecule has 23 heavy (non-hydrogen) atoms. The van der Waals surface area contributed by atoms with E-state index in [1.807, 2.05) is 0 Å². The van der Waals surface area contributed by atoms with E-state index < -0.39 is 23.9 Å². The molecule has 7 heteroatoms. The van der Waals surface area contributed by atoms with Gasteiger partial charge in [-0.15, -0.1) is 0 Å². The zero-order chi connectivity index (χ0) is 16.6. The number of nitrogens with one attached hydrogen (secondary N) is 1. The summed E-state index contributed by atoms with van der Waals surface area (Å²) in [6, 6.07) is 4.98. The first-order chi connectivity index (χ1) is 10.8. The minimum Gasteiger partial charge on any atom is -0.392 e. The van der Waals surface area contributed by atoms with E-state index in [9.17, 15) is 23.1 Å². The number of aliphatic hydroxyl groups is 1. The first-order valence-corrected chi connectivity index (χ1v) is 7.72. The lowest BCUT2D eigenvalue weighted by Crippen LogP contribution is -2.38. The Labute approximate surface area is 132 Å². The van der Waals surface area contributed by atoms with Gasteiger partial charge in [-0.25, -0.2) is 0 Å². The molecule has 2 N–H and O–H groups in total. The number of carbonyl (C=O) groups is 1. The van der Waals surface area contributed by atoms with Gasteiger partial charge in [0.2, 0.25) is 5.91 Å². The topological polar surface area (TPSA) is 52.6 Å². The normalized spacial score (nSPS) is 25.6. The van der Waals surface area contributed by atoms with Crippen molar-refractivity contribution in [3.63, 3.8) is 0 Å². The molecule has 1 heterocycles. The van der Waals surface area contributed by atoms with Crippen LogP contribution in [0.3, 0.4) is 0 Å². The first kappa shape index (κ1) is 16.3. The number of likely N-dealkylation sites (tertiary alicyclic amines) is 1. The molecule has 1 saturated carbocycles. The minimum atomic E-state index is -4.45. The summed E-state index contributed by atoms with van der Waals surface area (Å²) in [5.41, 5.74) is -0.581. The number of carbonyl (C=O) groups excluding carboxylic acids is 1. The Morgan fingerprint density at radius 3 is 2.65 bits per heavy atom. The molecule has 1 aliphatic heterocycles. The number of aliphatic hydroxyl groups excluding tert-OH is 1. The van der Waals surface area contributed by atoms with Gasteiger partial charge in [0.15, 0.2) is 0 Å². The van der Waals surface area contributed by atoms with Crippen LogP contribution in [0.2, 0.25) is 0 Å². The van der Waals surface area contributed by atoms with Crippen LogP contribution in [0.15, 0.2) is 24.3 Å². The van der Waals surface area contributed by atoms with Crippen molar-refractivity contribution in [2.75, 3.05) is 13.1 Å². The molecule has 1 aromatic carbocycles. The molecule has 2 aliphatic rings. The number of amides is 1. The van der Waals surface area contributed by atoms with Crippen LogP contribution in [0.25, 0.3) is 0 Å². The lowest BCUT2D eigenvalue weighted by atomic mass is 9.97. The molecular formula is C16H19F3N2O2. The number of β-amino-alcohol motifs (C(OH)–C–C–N with tert-alkyl or cyclic N) is 1. The van der Waals surface area contributed by atoms with Gasteiger partial charge in [-0.2, -0.15) is 13.2 Å². The van der Waals surface area contributed by atoms with Gasteiger partial charge in [-0.3, -0.25) is 9.69 Å². The molecule has 1 aromatic rings. The van der Waals surface area contributed by atoms with Crippen LogP contribution in [0.4, 0.5) is 13.2 Å². The van der Waals surface area contributed by atoms with E-state index in [1.165, 1.54) is 12.1 Å². The molecule has 2 atom stereocenters. The summed E-state index contributed by atoms with van der Waals surface area (Å²) in [4.78, 5) is 13.6. The van der Waals surface area contributed by atoms with Gasteiger partial charge in [0.1, 0.15) is 0 Å². The summed E-state index contributed by atoms with van der Waals surface area (Å²) >= 11 is 0. The molecule has 2 unspecified atom stereocenters. The van der Waals surface area contributed by atoms with Gasteiger partial charge < -0.3 is 10.4 Å². The lowest BCUT2D eigenvalue weighted by molar-refractivity contribution is -0.138. The lowest BCUT2D eigenvalue weighted by Gasteiger charge is -2.26. The van der Waals surface area contributed by atoms with Crippen molar-refractivity contribution in [2.24, 2.45) is 0 Å². The van der Waals surface area contributed by atoms with Crippen LogP contribution in [0, 0.1) is 0 Å². The van der Waals surface area contributed by atoms with Gasteiger partial charge in [-0.1, -0.05) is 18.2 Å². The molecule has 0 radical (unpaired) electrons. The van der Waals surface area contributed by atoms with Crippen molar-refractivity contribution >= 4 is 5.91 Å². The van der Waals surface area contributed by atoms with Gasteiger partial charge in [0.05, 0.1) is 18.2 Å². The second-order valence-corrected chi connectivity index (χ2v) is 6.26. The fourth-order valence-corrected chi connectivity index (χ4v) is 3.11. The number of rotatable bonds is 4. The Bertz CT molecular complexity index is 587. The fraction of sp³-hybridized carbons (Fsp3) is 0.562. The summed E-state index contributed by atoms with van der Waals surface area (Å²) in [7, 11) is 0. The summed E-state index contributed by atoms with van der Waals surface area (Å²) in [5, 5.41) is 12.7.